The predicted octanol–water partition coefficient (Wildman–Crippen LogP) is 3.89. The first-order chi connectivity index (χ1) is 10.5. The van der Waals surface area contributed by atoms with Crippen LogP contribution in [0.1, 0.15) is 52.9 Å². The summed E-state index contributed by atoms with van der Waals surface area (Å²) in [6.07, 6.45) is 6.34. The van der Waals surface area contributed by atoms with Crippen molar-refractivity contribution in [3.05, 3.63) is 0 Å². The molecular weight excluding hydrogens is 272 g/mol. The number of carbonyl (C=O) groups is 1. The van der Waals surface area contributed by atoms with E-state index < -0.39 is 0 Å². The number of hydrogen-bond donors (Lipinski definition) is 0. The maximum atomic E-state index is 12.8. The Morgan fingerprint density at radius 2 is 1.73 bits per heavy atom. The highest BCUT2D eigenvalue weighted by atomic mass is 16.6. The molecule has 0 amide bonds. The number of ether oxygens (including phenoxy) is 1. The number of carbonyl (C=O) groups excluding carboxylic acids is 1. The summed E-state index contributed by atoms with van der Waals surface area (Å²) in [7, 11) is 0. The zero-order valence-electron chi connectivity index (χ0n) is 14.0. The SMILES string of the molecule is CCC(C)(C)C(=O)OC12CC3C4CC5CC6C(C1)C3C5C4C62. The maximum Gasteiger partial charge on any atom is 0.312 e. The molecule has 120 valence electrons. The molecule has 8 rings (SSSR count). The van der Waals surface area contributed by atoms with Crippen LogP contribution >= 0.6 is 0 Å². The van der Waals surface area contributed by atoms with Gasteiger partial charge in [0.1, 0.15) is 5.60 Å². The molecule has 2 nitrogen and oxygen atoms in total. The number of hydrogen-bond acceptors (Lipinski definition) is 2. The summed E-state index contributed by atoms with van der Waals surface area (Å²) in [5.41, 5.74) is -0.348. The van der Waals surface area contributed by atoms with Gasteiger partial charge in [0.05, 0.1) is 5.41 Å². The summed E-state index contributed by atoms with van der Waals surface area (Å²) in [4.78, 5) is 12.8. The molecule has 8 saturated carbocycles. The van der Waals surface area contributed by atoms with Gasteiger partial charge in [0.15, 0.2) is 0 Å². The van der Waals surface area contributed by atoms with Crippen molar-refractivity contribution in [1.29, 1.82) is 0 Å². The van der Waals surface area contributed by atoms with Crippen molar-refractivity contribution in [2.24, 2.45) is 58.7 Å². The highest BCUT2D eigenvalue weighted by molar-refractivity contribution is 5.76. The van der Waals surface area contributed by atoms with Gasteiger partial charge >= 0.3 is 5.97 Å². The van der Waals surface area contributed by atoms with Crippen molar-refractivity contribution < 1.29 is 9.53 Å². The Balaban J connectivity index is 1.41. The molecule has 0 radical (unpaired) electrons. The topological polar surface area (TPSA) is 26.3 Å². The largest absolute Gasteiger partial charge is 0.458 e. The molecule has 10 unspecified atom stereocenters. The van der Waals surface area contributed by atoms with Gasteiger partial charge in [-0.3, -0.25) is 4.79 Å². The minimum Gasteiger partial charge on any atom is -0.458 e. The highest BCUT2D eigenvalue weighted by Crippen LogP contribution is 2.84. The molecule has 8 aliphatic carbocycles. The van der Waals surface area contributed by atoms with Gasteiger partial charge < -0.3 is 4.74 Å². The standard InChI is InChI=1S/C20H28O2/c1-4-19(2,3)18(21)22-20-7-12-10-5-9-6-11-13(8-20)15(12)14(9)16(10)17(11)20/h9-17H,4-8H2,1-3H3. The van der Waals surface area contributed by atoms with Crippen LogP contribution < -0.4 is 0 Å². The van der Waals surface area contributed by atoms with E-state index in [4.69, 9.17) is 4.74 Å². The number of rotatable bonds is 3. The fraction of sp³-hybridized carbons (Fsp3) is 0.950. The van der Waals surface area contributed by atoms with Crippen LogP contribution in [0.15, 0.2) is 0 Å². The highest BCUT2D eigenvalue weighted by Gasteiger charge is 2.82. The van der Waals surface area contributed by atoms with Crippen LogP contribution in [0.3, 0.4) is 0 Å². The summed E-state index contributed by atoms with van der Waals surface area (Å²) in [5, 5.41) is 0. The Hall–Kier alpha value is -0.530. The van der Waals surface area contributed by atoms with E-state index in [9.17, 15) is 4.79 Å². The fourth-order valence-electron chi connectivity index (χ4n) is 8.82. The quantitative estimate of drug-likeness (QED) is 0.739. The maximum absolute atomic E-state index is 12.8. The smallest absolute Gasteiger partial charge is 0.312 e. The van der Waals surface area contributed by atoms with Gasteiger partial charge in [-0.15, -0.1) is 0 Å². The van der Waals surface area contributed by atoms with Crippen LogP contribution in [-0.2, 0) is 9.53 Å². The van der Waals surface area contributed by atoms with E-state index in [1.165, 1.54) is 25.7 Å². The van der Waals surface area contributed by atoms with E-state index in [1.54, 1.807) is 0 Å². The van der Waals surface area contributed by atoms with Crippen LogP contribution in [0.5, 0.6) is 0 Å². The molecule has 10 bridgehead atoms. The van der Waals surface area contributed by atoms with E-state index in [0.717, 1.165) is 59.7 Å². The van der Waals surface area contributed by atoms with Gasteiger partial charge in [-0.1, -0.05) is 6.92 Å². The Morgan fingerprint density at radius 1 is 1.05 bits per heavy atom. The molecular formula is C20H28O2. The number of esters is 1. The second-order valence-corrected chi connectivity index (χ2v) is 10.2. The van der Waals surface area contributed by atoms with Crippen molar-refractivity contribution in [3.63, 3.8) is 0 Å². The van der Waals surface area contributed by atoms with Gasteiger partial charge in [-0.2, -0.15) is 0 Å². The first-order valence-corrected chi connectivity index (χ1v) is 9.70. The third-order valence-corrected chi connectivity index (χ3v) is 9.54. The van der Waals surface area contributed by atoms with Gasteiger partial charge in [-0.25, -0.2) is 0 Å². The Labute approximate surface area is 133 Å². The summed E-state index contributed by atoms with van der Waals surface area (Å²) in [6, 6.07) is 0. The first kappa shape index (κ1) is 12.8. The third-order valence-electron chi connectivity index (χ3n) is 9.54. The lowest BCUT2D eigenvalue weighted by Crippen LogP contribution is -2.51. The Morgan fingerprint density at radius 3 is 2.45 bits per heavy atom. The lowest BCUT2D eigenvalue weighted by Gasteiger charge is -2.50. The van der Waals surface area contributed by atoms with Crippen molar-refractivity contribution >= 4 is 5.97 Å². The minimum absolute atomic E-state index is 0.0365. The van der Waals surface area contributed by atoms with Crippen molar-refractivity contribution in [1.82, 2.24) is 0 Å². The Bertz CT molecular complexity index is 578. The van der Waals surface area contributed by atoms with E-state index in [0.29, 0.717) is 0 Å². The molecule has 8 fully saturated rings. The van der Waals surface area contributed by atoms with Crippen LogP contribution in [0.25, 0.3) is 0 Å². The van der Waals surface area contributed by atoms with Gasteiger partial charge in [0, 0.05) is 5.92 Å². The molecule has 0 aromatic heterocycles. The summed E-state index contributed by atoms with van der Waals surface area (Å²) in [5.74, 6) is 8.70. The summed E-state index contributed by atoms with van der Waals surface area (Å²) >= 11 is 0. The molecule has 0 spiro atoms. The van der Waals surface area contributed by atoms with Crippen LogP contribution in [0.2, 0.25) is 0 Å². The summed E-state index contributed by atoms with van der Waals surface area (Å²) < 4.78 is 6.44. The predicted molar refractivity (Wildman–Crippen MR) is 82.8 cm³/mol. The van der Waals surface area contributed by atoms with E-state index >= 15 is 0 Å². The average Bonchev–Trinajstić information content (AvgIpc) is 3.00. The molecule has 0 aromatic carbocycles. The van der Waals surface area contributed by atoms with E-state index in [1.807, 2.05) is 0 Å². The van der Waals surface area contributed by atoms with E-state index in [-0.39, 0.29) is 17.0 Å². The zero-order chi connectivity index (χ0) is 15.0. The Kier molecular flexibility index (Phi) is 2.01. The molecule has 0 aromatic rings. The van der Waals surface area contributed by atoms with Gasteiger partial charge in [0.25, 0.3) is 0 Å². The van der Waals surface area contributed by atoms with Crippen molar-refractivity contribution in [3.8, 4) is 0 Å². The molecule has 0 saturated heterocycles. The second kappa shape index (κ2) is 3.44. The summed E-state index contributed by atoms with van der Waals surface area (Å²) in [6.45, 7) is 6.22. The minimum atomic E-state index is -0.312. The van der Waals surface area contributed by atoms with Gasteiger partial charge in [0.2, 0.25) is 0 Å². The lowest BCUT2D eigenvalue weighted by atomic mass is 9.54. The molecule has 22 heavy (non-hydrogen) atoms. The van der Waals surface area contributed by atoms with Gasteiger partial charge in [-0.05, 0) is 93.3 Å². The van der Waals surface area contributed by atoms with Crippen molar-refractivity contribution in [2.75, 3.05) is 0 Å². The fourth-order valence-corrected chi connectivity index (χ4v) is 8.82. The molecule has 0 aliphatic heterocycles. The zero-order valence-corrected chi connectivity index (χ0v) is 14.0. The molecule has 0 N–H and O–H groups in total. The monoisotopic (exact) mass is 300 g/mol. The first-order valence-electron chi connectivity index (χ1n) is 9.70. The van der Waals surface area contributed by atoms with Crippen LogP contribution in [0.4, 0.5) is 0 Å². The average molecular weight is 300 g/mol. The van der Waals surface area contributed by atoms with Crippen molar-refractivity contribution in [2.45, 2.75) is 58.5 Å². The molecule has 0 heterocycles. The molecule has 2 heteroatoms. The molecule has 10 atom stereocenters. The third kappa shape index (κ3) is 1.11. The van der Waals surface area contributed by atoms with Crippen LogP contribution in [0, 0.1) is 58.7 Å². The molecule has 8 aliphatic rings. The second-order valence-electron chi connectivity index (χ2n) is 10.2. The lowest BCUT2D eigenvalue weighted by molar-refractivity contribution is -0.188. The van der Waals surface area contributed by atoms with Crippen LogP contribution in [-0.4, -0.2) is 11.6 Å². The van der Waals surface area contributed by atoms with E-state index in [2.05, 4.69) is 20.8 Å². The normalized spacial score (nSPS) is 61.7.